The van der Waals surface area contributed by atoms with Crippen molar-refractivity contribution in [3.05, 3.63) is 41.6 Å². The molecule has 2 aromatic heterocycles. The van der Waals surface area contributed by atoms with Crippen LogP contribution in [0.3, 0.4) is 0 Å². The van der Waals surface area contributed by atoms with Crippen LogP contribution in [0, 0.1) is 0 Å². The molecule has 1 aliphatic rings. The van der Waals surface area contributed by atoms with Gasteiger partial charge in [-0.15, -0.1) is 0 Å². The molecule has 92 valence electrons. The molecular formula is C15H17N3. The molecule has 0 fully saturated rings. The fourth-order valence-corrected chi connectivity index (χ4v) is 2.85. The van der Waals surface area contributed by atoms with Crippen LogP contribution in [0.15, 0.2) is 24.8 Å². The zero-order valence-corrected chi connectivity index (χ0v) is 10.8. The van der Waals surface area contributed by atoms with E-state index in [4.69, 9.17) is 0 Å². The number of hydrogen-bond donors (Lipinski definition) is 0. The normalized spacial score (nSPS) is 13.9. The number of aryl methyl sites for hydroxylation is 1. The maximum atomic E-state index is 4.62. The minimum atomic E-state index is 0.504. The predicted octanol–water partition coefficient (Wildman–Crippen LogP) is 3.15. The third-order valence-corrected chi connectivity index (χ3v) is 3.59. The van der Waals surface area contributed by atoms with E-state index in [0.717, 1.165) is 18.5 Å². The number of pyridine rings is 1. The molecule has 0 aromatic carbocycles. The summed E-state index contributed by atoms with van der Waals surface area (Å²) in [6.45, 7) is 4.50. The van der Waals surface area contributed by atoms with Crippen LogP contribution in [0.1, 0.15) is 43.0 Å². The summed E-state index contributed by atoms with van der Waals surface area (Å²) in [6.07, 6.45) is 8.90. The first-order valence-electron chi connectivity index (χ1n) is 6.54. The van der Waals surface area contributed by atoms with Gasteiger partial charge in [-0.3, -0.25) is 4.98 Å². The predicted molar refractivity (Wildman–Crippen MR) is 71.4 cm³/mol. The van der Waals surface area contributed by atoms with Crippen LogP contribution < -0.4 is 0 Å². The van der Waals surface area contributed by atoms with Crippen molar-refractivity contribution in [1.82, 2.24) is 15.0 Å². The molecule has 0 atom stereocenters. The Labute approximate surface area is 107 Å². The first-order chi connectivity index (χ1) is 8.77. The Morgan fingerprint density at radius 2 is 2.06 bits per heavy atom. The second-order valence-electron chi connectivity index (χ2n) is 5.11. The first kappa shape index (κ1) is 11.3. The Kier molecular flexibility index (Phi) is 2.82. The van der Waals surface area contributed by atoms with Crippen molar-refractivity contribution in [2.45, 2.75) is 39.0 Å². The quantitative estimate of drug-likeness (QED) is 0.808. The van der Waals surface area contributed by atoms with Gasteiger partial charge in [-0.05, 0) is 42.4 Å². The maximum absolute atomic E-state index is 4.62. The van der Waals surface area contributed by atoms with Gasteiger partial charge in [0.05, 0.1) is 5.69 Å². The van der Waals surface area contributed by atoms with Gasteiger partial charge in [0, 0.05) is 23.7 Å². The van der Waals surface area contributed by atoms with Crippen molar-refractivity contribution >= 4 is 0 Å². The largest absolute Gasteiger partial charge is 0.260 e. The highest BCUT2D eigenvalue weighted by atomic mass is 14.8. The van der Waals surface area contributed by atoms with Crippen molar-refractivity contribution in [1.29, 1.82) is 0 Å². The molecule has 3 heteroatoms. The highest BCUT2D eigenvalue weighted by molar-refractivity contribution is 5.66. The van der Waals surface area contributed by atoms with Crippen molar-refractivity contribution in [3.63, 3.8) is 0 Å². The third kappa shape index (κ3) is 1.80. The number of rotatable bonds is 2. The van der Waals surface area contributed by atoms with Gasteiger partial charge in [0.15, 0.2) is 0 Å². The molecule has 0 saturated heterocycles. The van der Waals surface area contributed by atoms with Gasteiger partial charge in [-0.1, -0.05) is 13.8 Å². The molecule has 2 aromatic rings. The lowest BCUT2D eigenvalue weighted by Gasteiger charge is -2.16. The second-order valence-corrected chi connectivity index (χ2v) is 5.11. The van der Waals surface area contributed by atoms with Gasteiger partial charge in [0.2, 0.25) is 0 Å². The van der Waals surface area contributed by atoms with E-state index in [1.54, 1.807) is 12.5 Å². The van der Waals surface area contributed by atoms with E-state index in [-0.39, 0.29) is 0 Å². The molecule has 0 saturated carbocycles. The summed E-state index contributed by atoms with van der Waals surface area (Å²) >= 11 is 0. The lowest BCUT2D eigenvalue weighted by atomic mass is 9.91. The fraction of sp³-hybridized carbons (Fsp3) is 0.400. The fourth-order valence-electron chi connectivity index (χ4n) is 2.85. The summed E-state index contributed by atoms with van der Waals surface area (Å²) < 4.78 is 0. The van der Waals surface area contributed by atoms with Gasteiger partial charge >= 0.3 is 0 Å². The van der Waals surface area contributed by atoms with Crippen LogP contribution in [0.4, 0.5) is 0 Å². The summed E-state index contributed by atoms with van der Waals surface area (Å²) in [6, 6.07) is 1.96. The molecule has 0 radical (unpaired) electrons. The van der Waals surface area contributed by atoms with Crippen LogP contribution >= 0.6 is 0 Å². The van der Waals surface area contributed by atoms with E-state index < -0.39 is 0 Å². The number of hydrogen-bond acceptors (Lipinski definition) is 3. The molecule has 18 heavy (non-hydrogen) atoms. The van der Waals surface area contributed by atoms with Gasteiger partial charge in [-0.25, -0.2) is 9.97 Å². The molecule has 3 nitrogen and oxygen atoms in total. The smallest absolute Gasteiger partial charge is 0.116 e. The SMILES string of the molecule is CC(C)c1c(-c2ccncn2)cnc2c1CCC2. The molecule has 0 N–H and O–H groups in total. The molecule has 0 amide bonds. The van der Waals surface area contributed by atoms with Crippen LogP contribution in [0.2, 0.25) is 0 Å². The van der Waals surface area contributed by atoms with Gasteiger partial charge < -0.3 is 0 Å². The van der Waals surface area contributed by atoms with Crippen LogP contribution in [-0.2, 0) is 12.8 Å². The van der Waals surface area contributed by atoms with Crippen molar-refractivity contribution < 1.29 is 0 Å². The third-order valence-electron chi connectivity index (χ3n) is 3.59. The Balaban J connectivity index is 2.21. The van der Waals surface area contributed by atoms with Gasteiger partial charge in [0.1, 0.15) is 6.33 Å². The number of fused-ring (bicyclic) bond motifs is 1. The average molecular weight is 239 g/mol. The van der Waals surface area contributed by atoms with E-state index in [1.807, 2.05) is 12.3 Å². The van der Waals surface area contributed by atoms with E-state index in [9.17, 15) is 0 Å². The summed E-state index contributed by atoms with van der Waals surface area (Å²) in [4.78, 5) is 13.0. The highest BCUT2D eigenvalue weighted by Crippen LogP contribution is 2.35. The molecule has 0 unspecified atom stereocenters. The molecule has 0 aliphatic heterocycles. The Hall–Kier alpha value is -1.77. The summed E-state index contributed by atoms with van der Waals surface area (Å²) in [5, 5.41) is 0. The Morgan fingerprint density at radius 3 is 2.78 bits per heavy atom. The van der Waals surface area contributed by atoms with Crippen molar-refractivity contribution in [2.75, 3.05) is 0 Å². The minimum absolute atomic E-state index is 0.504. The topological polar surface area (TPSA) is 38.7 Å². The van der Waals surface area contributed by atoms with Crippen LogP contribution in [-0.4, -0.2) is 15.0 Å². The minimum Gasteiger partial charge on any atom is -0.260 e. The van der Waals surface area contributed by atoms with Crippen LogP contribution in [0.25, 0.3) is 11.3 Å². The molecule has 0 bridgehead atoms. The second kappa shape index (κ2) is 4.48. The van der Waals surface area contributed by atoms with E-state index in [0.29, 0.717) is 5.92 Å². The zero-order valence-electron chi connectivity index (χ0n) is 10.8. The Bertz CT molecular complexity index is 561. The first-order valence-corrected chi connectivity index (χ1v) is 6.54. The van der Waals surface area contributed by atoms with Gasteiger partial charge in [0.25, 0.3) is 0 Å². The van der Waals surface area contributed by atoms with Crippen LogP contribution in [0.5, 0.6) is 0 Å². The van der Waals surface area contributed by atoms with E-state index in [2.05, 4.69) is 28.8 Å². The van der Waals surface area contributed by atoms with Crippen molar-refractivity contribution in [3.8, 4) is 11.3 Å². The van der Waals surface area contributed by atoms with Gasteiger partial charge in [-0.2, -0.15) is 0 Å². The Morgan fingerprint density at radius 1 is 1.17 bits per heavy atom. The molecule has 2 heterocycles. The highest BCUT2D eigenvalue weighted by Gasteiger charge is 2.21. The zero-order chi connectivity index (χ0) is 12.5. The summed E-state index contributed by atoms with van der Waals surface area (Å²) in [5.41, 5.74) is 6.33. The number of aromatic nitrogens is 3. The van der Waals surface area contributed by atoms with E-state index in [1.165, 1.54) is 28.8 Å². The van der Waals surface area contributed by atoms with E-state index >= 15 is 0 Å². The molecule has 1 aliphatic carbocycles. The standard InChI is InChI=1S/C15H17N3/c1-10(2)15-11-4-3-5-13(11)17-8-12(15)14-6-7-16-9-18-14/h6-10H,3-5H2,1-2H3. The summed E-state index contributed by atoms with van der Waals surface area (Å²) in [5.74, 6) is 0.504. The molecule has 0 spiro atoms. The summed E-state index contributed by atoms with van der Waals surface area (Å²) in [7, 11) is 0. The molecular weight excluding hydrogens is 222 g/mol. The monoisotopic (exact) mass is 239 g/mol. The molecule has 3 rings (SSSR count). The lowest BCUT2D eigenvalue weighted by molar-refractivity contribution is 0.838. The average Bonchev–Trinajstić information content (AvgIpc) is 2.86. The van der Waals surface area contributed by atoms with Crippen molar-refractivity contribution in [2.24, 2.45) is 0 Å². The number of nitrogens with zero attached hydrogens (tertiary/aromatic N) is 3. The lowest BCUT2D eigenvalue weighted by Crippen LogP contribution is -2.02. The maximum Gasteiger partial charge on any atom is 0.116 e.